The van der Waals surface area contributed by atoms with Crippen LogP contribution in [-0.4, -0.2) is 25.2 Å². The average Bonchev–Trinajstić information content (AvgIpc) is 2.09. The summed E-state index contributed by atoms with van der Waals surface area (Å²) in [6.07, 6.45) is 4.02. The number of carbonyl (C=O) groups is 1. The zero-order chi connectivity index (χ0) is 10.4. The number of esters is 1. The highest BCUT2D eigenvalue weighted by atomic mass is 16.5. The molecule has 0 aromatic heterocycles. The normalized spacial score (nSPS) is 25.6. The quantitative estimate of drug-likeness (QED) is 0.523. The summed E-state index contributed by atoms with van der Waals surface area (Å²) in [6.45, 7) is 5.55. The molecule has 3 nitrogen and oxygen atoms in total. The average molecular weight is 199 g/mol. The molecular formula is C11H21NO2. The second-order valence-corrected chi connectivity index (χ2v) is 4.14. The van der Waals surface area contributed by atoms with Gasteiger partial charge < -0.3 is 10.1 Å². The second kappa shape index (κ2) is 6.02. The number of ether oxygens (including phenoxy) is 1. The number of rotatable bonds is 6. The summed E-state index contributed by atoms with van der Waals surface area (Å²) in [7, 11) is 0. The Kier molecular flexibility index (Phi) is 4.94. The Hall–Kier alpha value is -0.570. The molecule has 3 heteroatoms. The molecule has 0 radical (unpaired) electrons. The highest BCUT2D eigenvalue weighted by Gasteiger charge is 2.24. The Morgan fingerprint density at radius 1 is 1.50 bits per heavy atom. The SMILES string of the molecule is CCOC(=O)CCCNC1CC(C)C1. The molecule has 1 saturated carbocycles. The van der Waals surface area contributed by atoms with Gasteiger partial charge >= 0.3 is 5.97 Å². The first-order chi connectivity index (χ1) is 6.72. The molecule has 0 aromatic carbocycles. The Bertz CT molecular complexity index is 176. The topological polar surface area (TPSA) is 38.3 Å². The summed E-state index contributed by atoms with van der Waals surface area (Å²) in [4.78, 5) is 11.0. The third-order valence-corrected chi connectivity index (χ3v) is 2.67. The van der Waals surface area contributed by atoms with Crippen LogP contribution < -0.4 is 5.32 Å². The van der Waals surface area contributed by atoms with E-state index in [-0.39, 0.29) is 5.97 Å². The van der Waals surface area contributed by atoms with Gasteiger partial charge in [-0.25, -0.2) is 0 Å². The van der Waals surface area contributed by atoms with Gasteiger partial charge in [0.25, 0.3) is 0 Å². The van der Waals surface area contributed by atoms with E-state index in [1.807, 2.05) is 6.92 Å². The minimum absolute atomic E-state index is 0.0729. The summed E-state index contributed by atoms with van der Waals surface area (Å²) in [5, 5.41) is 3.44. The van der Waals surface area contributed by atoms with Gasteiger partial charge in [-0.15, -0.1) is 0 Å². The molecule has 0 bridgehead atoms. The summed E-state index contributed by atoms with van der Waals surface area (Å²) < 4.78 is 4.84. The molecule has 0 spiro atoms. The lowest BCUT2D eigenvalue weighted by Crippen LogP contribution is -2.40. The lowest BCUT2D eigenvalue weighted by molar-refractivity contribution is -0.143. The molecule has 0 aromatic rings. The summed E-state index contributed by atoms with van der Waals surface area (Å²) in [5.41, 5.74) is 0. The molecule has 1 fully saturated rings. The van der Waals surface area contributed by atoms with E-state index >= 15 is 0 Å². The Labute approximate surface area is 86.2 Å². The predicted octanol–water partition coefficient (Wildman–Crippen LogP) is 1.72. The first kappa shape index (κ1) is 11.5. The lowest BCUT2D eigenvalue weighted by Gasteiger charge is -2.33. The van der Waals surface area contributed by atoms with Gasteiger partial charge in [-0.3, -0.25) is 4.79 Å². The third-order valence-electron chi connectivity index (χ3n) is 2.67. The number of hydrogen-bond acceptors (Lipinski definition) is 3. The van der Waals surface area contributed by atoms with E-state index in [1.165, 1.54) is 12.8 Å². The van der Waals surface area contributed by atoms with Crippen LogP contribution in [0.1, 0.15) is 39.5 Å². The number of nitrogens with one attached hydrogen (secondary N) is 1. The van der Waals surface area contributed by atoms with Crippen LogP contribution in [0, 0.1) is 5.92 Å². The molecule has 0 atom stereocenters. The molecule has 0 aliphatic heterocycles. The van der Waals surface area contributed by atoms with E-state index in [0.29, 0.717) is 19.1 Å². The minimum Gasteiger partial charge on any atom is -0.466 e. The highest BCUT2D eigenvalue weighted by molar-refractivity contribution is 5.69. The van der Waals surface area contributed by atoms with Crippen molar-refractivity contribution < 1.29 is 9.53 Å². The van der Waals surface area contributed by atoms with Gasteiger partial charge in [0.1, 0.15) is 0 Å². The van der Waals surface area contributed by atoms with Crippen molar-refractivity contribution in [1.82, 2.24) is 5.32 Å². The van der Waals surface area contributed by atoms with Gasteiger partial charge in [-0.2, -0.15) is 0 Å². The van der Waals surface area contributed by atoms with Crippen molar-refractivity contribution in [1.29, 1.82) is 0 Å². The van der Waals surface area contributed by atoms with Gasteiger partial charge in [-0.1, -0.05) is 6.92 Å². The van der Waals surface area contributed by atoms with E-state index in [2.05, 4.69) is 12.2 Å². The van der Waals surface area contributed by atoms with Crippen molar-refractivity contribution in [3.63, 3.8) is 0 Å². The summed E-state index contributed by atoms with van der Waals surface area (Å²) in [5.74, 6) is 0.814. The maximum absolute atomic E-state index is 11.0. The van der Waals surface area contributed by atoms with E-state index in [9.17, 15) is 4.79 Å². The van der Waals surface area contributed by atoms with Crippen molar-refractivity contribution in [2.24, 2.45) is 5.92 Å². The van der Waals surface area contributed by atoms with Crippen molar-refractivity contribution in [2.75, 3.05) is 13.2 Å². The van der Waals surface area contributed by atoms with Crippen LogP contribution >= 0.6 is 0 Å². The molecule has 0 heterocycles. The molecule has 82 valence electrons. The smallest absolute Gasteiger partial charge is 0.305 e. The predicted molar refractivity (Wildman–Crippen MR) is 56.1 cm³/mol. The lowest BCUT2D eigenvalue weighted by atomic mass is 9.82. The highest BCUT2D eigenvalue weighted by Crippen LogP contribution is 2.25. The van der Waals surface area contributed by atoms with Crippen LogP contribution in [0.4, 0.5) is 0 Å². The fourth-order valence-corrected chi connectivity index (χ4v) is 1.84. The monoisotopic (exact) mass is 199 g/mol. The first-order valence-electron chi connectivity index (χ1n) is 5.61. The Morgan fingerprint density at radius 2 is 2.21 bits per heavy atom. The van der Waals surface area contributed by atoms with Gasteiger partial charge in [-0.05, 0) is 38.6 Å². The fraction of sp³-hybridized carbons (Fsp3) is 0.909. The van der Waals surface area contributed by atoms with E-state index in [1.54, 1.807) is 0 Å². The summed E-state index contributed by atoms with van der Waals surface area (Å²) in [6, 6.07) is 0.701. The van der Waals surface area contributed by atoms with Gasteiger partial charge in [0.15, 0.2) is 0 Å². The fourth-order valence-electron chi connectivity index (χ4n) is 1.84. The van der Waals surface area contributed by atoms with E-state index in [4.69, 9.17) is 4.74 Å². The maximum atomic E-state index is 11.0. The van der Waals surface area contributed by atoms with Crippen LogP contribution in [0.25, 0.3) is 0 Å². The van der Waals surface area contributed by atoms with Crippen molar-refractivity contribution in [2.45, 2.75) is 45.6 Å². The Morgan fingerprint density at radius 3 is 2.79 bits per heavy atom. The molecule has 0 saturated heterocycles. The van der Waals surface area contributed by atoms with Gasteiger partial charge in [0.2, 0.25) is 0 Å². The third kappa shape index (κ3) is 4.09. The molecule has 1 N–H and O–H groups in total. The summed E-state index contributed by atoms with van der Waals surface area (Å²) >= 11 is 0. The van der Waals surface area contributed by atoms with Gasteiger partial charge in [0.05, 0.1) is 6.61 Å². The molecule has 0 amide bonds. The number of hydrogen-bond donors (Lipinski definition) is 1. The second-order valence-electron chi connectivity index (χ2n) is 4.14. The first-order valence-corrected chi connectivity index (χ1v) is 5.61. The van der Waals surface area contributed by atoms with Crippen LogP contribution in [0.3, 0.4) is 0 Å². The van der Waals surface area contributed by atoms with Crippen LogP contribution in [0.5, 0.6) is 0 Å². The van der Waals surface area contributed by atoms with Crippen molar-refractivity contribution in [3.8, 4) is 0 Å². The standard InChI is InChI=1S/C11H21NO2/c1-3-14-11(13)5-4-6-12-10-7-9(2)8-10/h9-10,12H,3-8H2,1-2H3. The Balaban J connectivity index is 1.87. The van der Waals surface area contributed by atoms with Crippen LogP contribution in [0.15, 0.2) is 0 Å². The molecule has 1 rings (SSSR count). The van der Waals surface area contributed by atoms with Crippen LogP contribution in [0.2, 0.25) is 0 Å². The zero-order valence-electron chi connectivity index (χ0n) is 9.21. The van der Waals surface area contributed by atoms with E-state index in [0.717, 1.165) is 18.9 Å². The molecular weight excluding hydrogens is 178 g/mol. The molecule has 1 aliphatic carbocycles. The molecule has 1 aliphatic rings. The zero-order valence-corrected chi connectivity index (χ0v) is 9.21. The van der Waals surface area contributed by atoms with Crippen molar-refractivity contribution >= 4 is 5.97 Å². The van der Waals surface area contributed by atoms with E-state index < -0.39 is 0 Å². The van der Waals surface area contributed by atoms with Gasteiger partial charge in [0, 0.05) is 12.5 Å². The maximum Gasteiger partial charge on any atom is 0.305 e. The van der Waals surface area contributed by atoms with Crippen LogP contribution in [-0.2, 0) is 9.53 Å². The molecule has 0 unspecified atom stereocenters. The largest absolute Gasteiger partial charge is 0.466 e. The number of carbonyl (C=O) groups excluding carboxylic acids is 1. The van der Waals surface area contributed by atoms with Crippen molar-refractivity contribution in [3.05, 3.63) is 0 Å². The molecule has 14 heavy (non-hydrogen) atoms. The minimum atomic E-state index is -0.0729.